The maximum atomic E-state index is 12.6. The van der Waals surface area contributed by atoms with E-state index >= 15 is 0 Å². The molecule has 0 amide bonds. The minimum atomic E-state index is -4.38. The summed E-state index contributed by atoms with van der Waals surface area (Å²) in [6, 6.07) is 4.02. The lowest BCUT2D eigenvalue weighted by molar-refractivity contribution is -0.140. The molecular weight excluding hydrogens is 335 g/mol. The van der Waals surface area contributed by atoms with Crippen LogP contribution in [0.15, 0.2) is 36.7 Å². The van der Waals surface area contributed by atoms with Crippen molar-refractivity contribution in [1.29, 1.82) is 0 Å². The van der Waals surface area contributed by atoms with Gasteiger partial charge in [-0.3, -0.25) is 4.79 Å². The number of carboxylic acids is 1. The molecule has 25 heavy (non-hydrogen) atoms. The molecule has 0 saturated heterocycles. The second-order valence-corrected chi connectivity index (χ2v) is 6.24. The number of aliphatic carboxylic acids is 1. The molecule has 1 aromatic heterocycles. The lowest BCUT2D eigenvalue weighted by Gasteiger charge is -2.15. The van der Waals surface area contributed by atoms with Crippen LogP contribution < -0.4 is 5.32 Å². The number of carbonyl (C=O) groups is 1. The van der Waals surface area contributed by atoms with Crippen molar-refractivity contribution in [3.63, 3.8) is 0 Å². The highest BCUT2D eigenvalue weighted by atomic mass is 19.4. The first kappa shape index (κ1) is 19.0. The fourth-order valence-electron chi connectivity index (χ4n) is 2.38. The molecule has 0 bridgehead atoms. The minimum absolute atomic E-state index is 0.239. The molecule has 1 atom stereocenters. The predicted octanol–water partition coefficient (Wildman–Crippen LogP) is 3.48. The molecule has 0 spiro atoms. The normalized spacial score (nSPS) is 13.2. The fourth-order valence-corrected chi connectivity index (χ4v) is 2.38. The summed E-state index contributed by atoms with van der Waals surface area (Å²) < 4.78 is 39.2. The summed E-state index contributed by atoms with van der Waals surface area (Å²) in [5.41, 5.74) is 0.523. The Bertz CT molecular complexity index is 709. The van der Waals surface area contributed by atoms with Crippen LogP contribution in [0.1, 0.15) is 31.4 Å². The van der Waals surface area contributed by atoms with E-state index in [9.17, 15) is 23.1 Å². The van der Waals surface area contributed by atoms with E-state index in [-0.39, 0.29) is 5.92 Å². The van der Waals surface area contributed by atoms with Crippen LogP contribution in [0.4, 0.5) is 13.2 Å². The number of hydrogen-bond acceptors (Lipinski definition) is 3. The van der Waals surface area contributed by atoms with Gasteiger partial charge in [0.15, 0.2) is 0 Å². The molecule has 2 N–H and O–H groups in total. The number of aromatic nitrogens is 2. The number of nitrogens with zero attached hydrogens (tertiary/aromatic N) is 2. The molecule has 0 unspecified atom stereocenters. The van der Waals surface area contributed by atoms with E-state index in [0.29, 0.717) is 18.7 Å². The second kappa shape index (κ2) is 7.69. The van der Waals surface area contributed by atoms with Gasteiger partial charge in [0.2, 0.25) is 0 Å². The average molecular weight is 355 g/mol. The zero-order chi connectivity index (χ0) is 18.6. The summed E-state index contributed by atoms with van der Waals surface area (Å²) in [5, 5.41) is 16.3. The number of nitrogens with one attached hydrogen (secondary N) is 1. The minimum Gasteiger partial charge on any atom is -0.480 e. The Morgan fingerprint density at radius 2 is 1.92 bits per heavy atom. The van der Waals surface area contributed by atoms with E-state index in [2.05, 4.69) is 10.4 Å². The van der Waals surface area contributed by atoms with Crippen molar-refractivity contribution in [2.45, 2.75) is 39.0 Å². The van der Waals surface area contributed by atoms with E-state index in [1.54, 1.807) is 12.4 Å². The summed E-state index contributed by atoms with van der Waals surface area (Å²) in [5.74, 6) is -0.674. The van der Waals surface area contributed by atoms with Gasteiger partial charge in [0.1, 0.15) is 6.04 Å². The maximum Gasteiger partial charge on any atom is 0.416 e. The molecule has 136 valence electrons. The number of carboxylic acid groups (broad SMARTS) is 1. The van der Waals surface area contributed by atoms with Crippen LogP contribution in [-0.4, -0.2) is 26.9 Å². The predicted molar refractivity (Wildman–Crippen MR) is 86.3 cm³/mol. The third-order valence-electron chi connectivity index (χ3n) is 3.65. The molecule has 0 radical (unpaired) electrons. The zero-order valence-electron chi connectivity index (χ0n) is 13.9. The van der Waals surface area contributed by atoms with Crippen LogP contribution in [0.25, 0.3) is 5.69 Å². The summed E-state index contributed by atoms with van der Waals surface area (Å²) in [6.45, 7) is 4.20. The van der Waals surface area contributed by atoms with Crippen molar-refractivity contribution in [2.24, 2.45) is 5.92 Å². The molecule has 1 aromatic carbocycles. The third-order valence-corrected chi connectivity index (χ3v) is 3.65. The molecule has 0 fully saturated rings. The summed E-state index contributed by atoms with van der Waals surface area (Å²) in [4.78, 5) is 11.2. The van der Waals surface area contributed by atoms with E-state index < -0.39 is 23.8 Å². The summed E-state index contributed by atoms with van der Waals surface area (Å²) in [6.07, 6.45) is -0.662. The molecule has 0 aliphatic rings. The molecule has 1 heterocycles. The first-order chi connectivity index (χ1) is 11.7. The van der Waals surface area contributed by atoms with Crippen LogP contribution in [-0.2, 0) is 17.5 Å². The Kier molecular flexibility index (Phi) is 5.84. The number of rotatable bonds is 7. The van der Waals surface area contributed by atoms with Crippen molar-refractivity contribution in [1.82, 2.24) is 15.1 Å². The van der Waals surface area contributed by atoms with Gasteiger partial charge in [0.25, 0.3) is 0 Å². The molecule has 0 aliphatic carbocycles. The SMILES string of the molecule is CC(C)C[C@H](NCc1cnn(-c2ccc(C(F)(F)F)cc2)c1)C(=O)O. The summed E-state index contributed by atoms with van der Waals surface area (Å²) >= 11 is 0. The Morgan fingerprint density at radius 1 is 1.28 bits per heavy atom. The first-order valence-corrected chi connectivity index (χ1v) is 7.84. The molecule has 8 heteroatoms. The molecule has 2 rings (SSSR count). The third kappa shape index (κ3) is 5.32. The van der Waals surface area contributed by atoms with Crippen molar-refractivity contribution in [3.05, 3.63) is 47.8 Å². The zero-order valence-corrected chi connectivity index (χ0v) is 13.9. The van der Waals surface area contributed by atoms with Crippen LogP contribution in [0, 0.1) is 5.92 Å². The lowest BCUT2D eigenvalue weighted by atomic mass is 10.0. The highest BCUT2D eigenvalue weighted by Crippen LogP contribution is 2.29. The van der Waals surface area contributed by atoms with Gasteiger partial charge < -0.3 is 10.4 Å². The number of alkyl halides is 3. The Morgan fingerprint density at radius 3 is 2.44 bits per heavy atom. The Hall–Kier alpha value is -2.35. The summed E-state index contributed by atoms with van der Waals surface area (Å²) in [7, 11) is 0. The quantitative estimate of drug-likeness (QED) is 0.798. The van der Waals surface area contributed by atoms with Crippen LogP contribution >= 0.6 is 0 Å². The van der Waals surface area contributed by atoms with Crippen molar-refractivity contribution in [2.75, 3.05) is 0 Å². The monoisotopic (exact) mass is 355 g/mol. The van der Waals surface area contributed by atoms with Gasteiger partial charge in [-0.15, -0.1) is 0 Å². The van der Waals surface area contributed by atoms with E-state index in [0.717, 1.165) is 17.7 Å². The van der Waals surface area contributed by atoms with E-state index in [1.165, 1.54) is 16.8 Å². The standard InChI is InChI=1S/C17H20F3N3O2/c1-11(2)7-15(16(24)25)21-8-12-9-22-23(10-12)14-5-3-13(4-6-14)17(18,19)20/h3-6,9-11,15,21H,7-8H2,1-2H3,(H,24,25)/t15-/m0/s1. The number of halogens is 3. The van der Waals surface area contributed by atoms with Gasteiger partial charge in [0.05, 0.1) is 17.4 Å². The smallest absolute Gasteiger partial charge is 0.416 e. The van der Waals surface area contributed by atoms with Crippen LogP contribution in [0.2, 0.25) is 0 Å². The van der Waals surface area contributed by atoms with Crippen molar-refractivity contribution in [3.8, 4) is 5.69 Å². The van der Waals surface area contributed by atoms with E-state index in [1.807, 2.05) is 13.8 Å². The molecular formula is C17H20F3N3O2. The first-order valence-electron chi connectivity index (χ1n) is 7.84. The molecule has 0 saturated carbocycles. The maximum absolute atomic E-state index is 12.6. The van der Waals surface area contributed by atoms with Crippen molar-refractivity contribution < 1.29 is 23.1 Å². The Balaban J connectivity index is 2.03. The lowest BCUT2D eigenvalue weighted by Crippen LogP contribution is -2.37. The number of benzene rings is 1. The largest absolute Gasteiger partial charge is 0.480 e. The van der Waals surface area contributed by atoms with Gasteiger partial charge in [-0.25, -0.2) is 4.68 Å². The number of hydrogen-bond donors (Lipinski definition) is 2. The van der Waals surface area contributed by atoms with Crippen LogP contribution in [0.3, 0.4) is 0 Å². The molecule has 0 aliphatic heterocycles. The van der Waals surface area contributed by atoms with Gasteiger partial charge in [-0.2, -0.15) is 18.3 Å². The Labute approximate surface area is 143 Å². The van der Waals surface area contributed by atoms with Gasteiger partial charge in [0, 0.05) is 18.3 Å². The average Bonchev–Trinajstić information content (AvgIpc) is 2.99. The molecule has 5 nitrogen and oxygen atoms in total. The van der Waals surface area contributed by atoms with Crippen molar-refractivity contribution >= 4 is 5.97 Å². The van der Waals surface area contributed by atoms with Gasteiger partial charge in [-0.05, 0) is 36.6 Å². The second-order valence-electron chi connectivity index (χ2n) is 6.24. The topological polar surface area (TPSA) is 67.2 Å². The van der Waals surface area contributed by atoms with E-state index in [4.69, 9.17) is 0 Å². The van der Waals surface area contributed by atoms with Crippen LogP contribution in [0.5, 0.6) is 0 Å². The molecule has 2 aromatic rings. The highest BCUT2D eigenvalue weighted by Gasteiger charge is 2.30. The van der Waals surface area contributed by atoms with Gasteiger partial charge in [-0.1, -0.05) is 13.8 Å². The van der Waals surface area contributed by atoms with Gasteiger partial charge >= 0.3 is 12.1 Å². The fraction of sp³-hybridized carbons (Fsp3) is 0.412. The highest BCUT2D eigenvalue weighted by molar-refractivity contribution is 5.73.